The molecule has 0 aliphatic heterocycles. The van der Waals surface area contributed by atoms with E-state index in [1.165, 1.54) is 11.3 Å². The summed E-state index contributed by atoms with van der Waals surface area (Å²) in [4.78, 5) is 17.5. The number of thiophene rings is 1. The normalized spacial score (nSPS) is 10.9. The molecule has 29 heavy (non-hydrogen) atoms. The van der Waals surface area contributed by atoms with Crippen LogP contribution < -0.4 is 10.6 Å². The number of carbonyl (C=O) groups excluding carboxylic acids is 1. The summed E-state index contributed by atoms with van der Waals surface area (Å²) in [6.45, 7) is 6.03. The first kappa shape index (κ1) is 19.3. The van der Waals surface area contributed by atoms with E-state index in [1.54, 1.807) is 6.07 Å². The fourth-order valence-electron chi connectivity index (χ4n) is 3.22. The SMILES string of the molecule is Cc1cc(C)c2oc(-c3cccc(NC(=S)NC(=O)c4cccs4)c3C)nc2c1. The van der Waals surface area contributed by atoms with Crippen LogP contribution in [-0.4, -0.2) is 16.0 Å². The molecule has 0 aliphatic rings. The van der Waals surface area contributed by atoms with Crippen molar-refractivity contribution in [2.24, 2.45) is 0 Å². The molecule has 0 aliphatic carbocycles. The van der Waals surface area contributed by atoms with Crippen LogP contribution in [0.4, 0.5) is 5.69 Å². The number of fused-ring (bicyclic) bond motifs is 1. The van der Waals surface area contributed by atoms with Crippen LogP contribution in [0.2, 0.25) is 0 Å². The van der Waals surface area contributed by atoms with Gasteiger partial charge in [-0.25, -0.2) is 4.98 Å². The average molecular weight is 422 g/mol. The van der Waals surface area contributed by atoms with Crippen molar-refractivity contribution in [1.29, 1.82) is 0 Å². The number of hydrogen-bond acceptors (Lipinski definition) is 5. The highest BCUT2D eigenvalue weighted by Gasteiger charge is 2.15. The number of thiocarbonyl (C=S) groups is 1. The van der Waals surface area contributed by atoms with E-state index in [9.17, 15) is 4.79 Å². The third-order valence-electron chi connectivity index (χ3n) is 4.60. The molecule has 2 heterocycles. The van der Waals surface area contributed by atoms with Crippen LogP contribution in [0.15, 0.2) is 52.3 Å². The molecular weight excluding hydrogens is 402 g/mol. The van der Waals surface area contributed by atoms with Gasteiger partial charge in [-0.15, -0.1) is 11.3 Å². The minimum atomic E-state index is -0.226. The molecule has 0 saturated heterocycles. The van der Waals surface area contributed by atoms with Gasteiger partial charge in [-0.05, 0) is 79.3 Å². The number of oxazole rings is 1. The van der Waals surface area contributed by atoms with Gasteiger partial charge in [0.15, 0.2) is 10.7 Å². The number of anilines is 1. The lowest BCUT2D eigenvalue weighted by Gasteiger charge is -2.13. The minimum Gasteiger partial charge on any atom is -0.436 e. The lowest BCUT2D eigenvalue weighted by molar-refractivity contribution is 0.0981. The third-order valence-corrected chi connectivity index (χ3v) is 5.68. The highest BCUT2D eigenvalue weighted by Crippen LogP contribution is 2.32. The largest absolute Gasteiger partial charge is 0.436 e. The number of amides is 1. The topological polar surface area (TPSA) is 67.2 Å². The molecule has 0 radical (unpaired) electrons. The van der Waals surface area contributed by atoms with Crippen LogP contribution in [0, 0.1) is 20.8 Å². The zero-order chi connectivity index (χ0) is 20.5. The molecule has 4 rings (SSSR count). The first-order valence-electron chi connectivity index (χ1n) is 9.06. The van der Waals surface area contributed by atoms with E-state index in [-0.39, 0.29) is 11.0 Å². The summed E-state index contributed by atoms with van der Waals surface area (Å²) in [6, 6.07) is 13.4. The molecule has 0 spiro atoms. The van der Waals surface area contributed by atoms with E-state index in [2.05, 4.69) is 21.7 Å². The van der Waals surface area contributed by atoms with Crippen molar-refractivity contribution in [3.8, 4) is 11.5 Å². The molecule has 7 heteroatoms. The van der Waals surface area contributed by atoms with Crippen molar-refractivity contribution in [3.63, 3.8) is 0 Å². The Labute approximate surface area is 177 Å². The van der Waals surface area contributed by atoms with Gasteiger partial charge in [-0.3, -0.25) is 10.1 Å². The Balaban J connectivity index is 1.60. The van der Waals surface area contributed by atoms with Crippen LogP contribution in [-0.2, 0) is 0 Å². The second-order valence-corrected chi connectivity index (χ2v) is 8.17. The highest BCUT2D eigenvalue weighted by atomic mass is 32.1. The first-order valence-corrected chi connectivity index (χ1v) is 10.3. The number of aryl methyl sites for hydroxylation is 2. The van der Waals surface area contributed by atoms with Gasteiger partial charge in [-0.1, -0.05) is 18.2 Å². The molecular formula is C22H19N3O2S2. The number of aromatic nitrogens is 1. The molecule has 4 aromatic rings. The molecule has 2 N–H and O–H groups in total. The highest BCUT2D eigenvalue weighted by molar-refractivity contribution is 7.80. The van der Waals surface area contributed by atoms with E-state index < -0.39 is 0 Å². The lowest BCUT2D eigenvalue weighted by Crippen LogP contribution is -2.33. The van der Waals surface area contributed by atoms with Crippen molar-refractivity contribution in [3.05, 3.63) is 69.4 Å². The fourth-order valence-corrected chi connectivity index (χ4v) is 4.04. The number of benzene rings is 2. The van der Waals surface area contributed by atoms with E-state index >= 15 is 0 Å². The summed E-state index contributed by atoms with van der Waals surface area (Å²) < 4.78 is 6.05. The standard InChI is InChI=1S/C22H19N3O2S2/c1-12-10-13(2)19-17(11-12)23-21(27-19)15-6-4-7-16(14(15)3)24-22(28)25-20(26)18-8-5-9-29-18/h4-11H,1-3H3,(H2,24,25,26,28). The van der Waals surface area contributed by atoms with Crippen LogP contribution >= 0.6 is 23.6 Å². The molecule has 146 valence electrons. The number of hydrogen-bond donors (Lipinski definition) is 2. The fraction of sp³-hybridized carbons (Fsp3) is 0.136. The smallest absolute Gasteiger partial charge is 0.267 e. The Morgan fingerprint density at radius 2 is 1.97 bits per heavy atom. The van der Waals surface area contributed by atoms with Crippen molar-refractivity contribution in [2.45, 2.75) is 20.8 Å². The van der Waals surface area contributed by atoms with Crippen molar-refractivity contribution >= 4 is 51.4 Å². The van der Waals surface area contributed by atoms with Crippen LogP contribution in [0.1, 0.15) is 26.4 Å². The molecule has 0 unspecified atom stereocenters. The Morgan fingerprint density at radius 1 is 1.14 bits per heavy atom. The van der Waals surface area contributed by atoms with Gasteiger partial charge in [0.25, 0.3) is 5.91 Å². The van der Waals surface area contributed by atoms with Crippen molar-refractivity contribution in [1.82, 2.24) is 10.3 Å². The second kappa shape index (κ2) is 7.77. The maximum Gasteiger partial charge on any atom is 0.267 e. The van der Waals surface area contributed by atoms with Gasteiger partial charge >= 0.3 is 0 Å². The zero-order valence-electron chi connectivity index (χ0n) is 16.2. The molecule has 5 nitrogen and oxygen atoms in total. The van der Waals surface area contributed by atoms with Gasteiger partial charge < -0.3 is 9.73 Å². The minimum absolute atomic E-state index is 0.226. The zero-order valence-corrected chi connectivity index (χ0v) is 17.8. The van der Waals surface area contributed by atoms with Gasteiger partial charge in [-0.2, -0.15) is 0 Å². The molecule has 2 aromatic heterocycles. The van der Waals surface area contributed by atoms with Crippen LogP contribution in [0.5, 0.6) is 0 Å². The van der Waals surface area contributed by atoms with Gasteiger partial charge in [0, 0.05) is 11.3 Å². The van der Waals surface area contributed by atoms with Crippen molar-refractivity contribution in [2.75, 3.05) is 5.32 Å². The Bertz CT molecular complexity index is 1230. The molecule has 1 amide bonds. The average Bonchev–Trinajstić information content (AvgIpc) is 3.33. The maximum atomic E-state index is 12.2. The monoisotopic (exact) mass is 421 g/mol. The number of nitrogens with one attached hydrogen (secondary N) is 2. The van der Waals surface area contributed by atoms with E-state index in [0.29, 0.717) is 10.8 Å². The number of nitrogens with zero attached hydrogens (tertiary/aromatic N) is 1. The molecule has 0 bridgehead atoms. The van der Waals surface area contributed by atoms with Crippen molar-refractivity contribution < 1.29 is 9.21 Å². The summed E-state index contributed by atoms with van der Waals surface area (Å²) in [7, 11) is 0. The summed E-state index contributed by atoms with van der Waals surface area (Å²) in [6.07, 6.45) is 0. The third kappa shape index (κ3) is 3.92. The Hall–Kier alpha value is -3.03. The Morgan fingerprint density at radius 3 is 2.72 bits per heavy atom. The number of carbonyl (C=O) groups is 1. The quantitative estimate of drug-likeness (QED) is 0.421. The molecule has 0 fully saturated rings. The van der Waals surface area contributed by atoms with Gasteiger partial charge in [0.05, 0.1) is 4.88 Å². The second-order valence-electron chi connectivity index (χ2n) is 6.81. The summed E-state index contributed by atoms with van der Waals surface area (Å²) >= 11 is 6.68. The first-order chi connectivity index (χ1) is 13.9. The molecule has 0 saturated carbocycles. The van der Waals surface area contributed by atoms with Crippen LogP contribution in [0.25, 0.3) is 22.6 Å². The van der Waals surface area contributed by atoms with Crippen LogP contribution in [0.3, 0.4) is 0 Å². The van der Waals surface area contributed by atoms with Gasteiger partial charge in [0.1, 0.15) is 5.52 Å². The van der Waals surface area contributed by atoms with Gasteiger partial charge in [0.2, 0.25) is 5.89 Å². The maximum absolute atomic E-state index is 12.2. The van der Waals surface area contributed by atoms with E-state index in [1.807, 2.05) is 56.5 Å². The number of rotatable bonds is 3. The predicted molar refractivity (Wildman–Crippen MR) is 122 cm³/mol. The summed E-state index contributed by atoms with van der Waals surface area (Å²) in [5, 5.41) is 7.90. The predicted octanol–water partition coefficient (Wildman–Crippen LogP) is 5.61. The summed E-state index contributed by atoms with van der Waals surface area (Å²) in [5.41, 5.74) is 6.43. The molecule has 2 aromatic carbocycles. The lowest BCUT2D eigenvalue weighted by atomic mass is 10.1. The molecule has 0 atom stereocenters. The van der Waals surface area contributed by atoms with E-state index in [0.717, 1.165) is 39.0 Å². The van der Waals surface area contributed by atoms with E-state index in [4.69, 9.17) is 16.6 Å². The Kier molecular flexibility index (Phi) is 5.17. The summed E-state index contributed by atoms with van der Waals surface area (Å²) in [5.74, 6) is 0.333.